The number of pyridine rings is 1. The Morgan fingerprint density at radius 3 is 2.83 bits per heavy atom. The monoisotopic (exact) mass is 443 g/mol. The molecule has 2 aromatic carbocycles. The van der Waals surface area contributed by atoms with Crippen molar-refractivity contribution in [3.05, 3.63) is 65.3 Å². The van der Waals surface area contributed by atoms with Crippen molar-refractivity contribution in [3.63, 3.8) is 0 Å². The molecule has 1 saturated heterocycles. The molecule has 156 valence electrons. The number of nitrogens with zero attached hydrogens (tertiary/aromatic N) is 2. The second-order valence-electron chi connectivity index (χ2n) is 7.48. The van der Waals surface area contributed by atoms with Gasteiger partial charge in [-0.05, 0) is 49.6 Å². The van der Waals surface area contributed by atoms with E-state index >= 15 is 0 Å². The van der Waals surface area contributed by atoms with Crippen LogP contribution in [0.2, 0.25) is 5.02 Å². The molecule has 0 unspecified atom stereocenters. The van der Waals surface area contributed by atoms with Gasteiger partial charge in [0.25, 0.3) is 0 Å². The summed E-state index contributed by atoms with van der Waals surface area (Å²) in [4.78, 5) is 17.3. The van der Waals surface area contributed by atoms with Crippen LogP contribution in [0.4, 0.5) is 5.69 Å². The number of rotatable bonds is 4. The van der Waals surface area contributed by atoms with Crippen LogP contribution in [0.3, 0.4) is 0 Å². The second kappa shape index (κ2) is 8.34. The number of benzene rings is 2. The van der Waals surface area contributed by atoms with E-state index in [4.69, 9.17) is 11.6 Å². The number of nitrogens with one attached hydrogen (secondary N) is 1. The fourth-order valence-corrected chi connectivity index (χ4v) is 5.62. The van der Waals surface area contributed by atoms with Crippen molar-refractivity contribution >= 4 is 44.1 Å². The van der Waals surface area contributed by atoms with E-state index in [1.807, 2.05) is 25.1 Å². The first kappa shape index (κ1) is 20.8. The Labute approximate surface area is 180 Å². The van der Waals surface area contributed by atoms with Gasteiger partial charge in [0, 0.05) is 35.4 Å². The quantitative estimate of drug-likeness (QED) is 0.654. The van der Waals surface area contributed by atoms with Crippen molar-refractivity contribution in [2.75, 3.05) is 18.4 Å². The summed E-state index contributed by atoms with van der Waals surface area (Å²) < 4.78 is 28.1. The number of piperidine rings is 1. The minimum Gasteiger partial charge on any atom is -0.326 e. The van der Waals surface area contributed by atoms with Crippen LogP contribution in [0.25, 0.3) is 10.9 Å². The van der Waals surface area contributed by atoms with Gasteiger partial charge in [0.15, 0.2) is 0 Å². The third-order valence-electron chi connectivity index (χ3n) is 5.43. The van der Waals surface area contributed by atoms with Crippen molar-refractivity contribution in [3.8, 4) is 0 Å². The lowest BCUT2D eigenvalue weighted by Gasteiger charge is -2.31. The van der Waals surface area contributed by atoms with Gasteiger partial charge in [-0.2, -0.15) is 4.31 Å². The van der Waals surface area contributed by atoms with Crippen molar-refractivity contribution in [1.82, 2.24) is 9.29 Å². The van der Waals surface area contributed by atoms with Gasteiger partial charge in [0.05, 0.1) is 11.4 Å². The predicted octanol–water partition coefficient (Wildman–Crippen LogP) is 4.24. The number of halogens is 1. The highest BCUT2D eigenvalue weighted by Crippen LogP contribution is 2.29. The highest BCUT2D eigenvalue weighted by Gasteiger charge is 2.34. The van der Waals surface area contributed by atoms with E-state index in [9.17, 15) is 13.2 Å². The number of hydrogen-bond donors (Lipinski definition) is 1. The lowest BCUT2D eigenvalue weighted by Crippen LogP contribution is -2.43. The van der Waals surface area contributed by atoms with Crippen LogP contribution in [0.5, 0.6) is 0 Å². The normalized spacial score (nSPS) is 17.7. The number of carbonyl (C=O) groups excluding carboxylic acids is 1. The van der Waals surface area contributed by atoms with Gasteiger partial charge in [-0.25, -0.2) is 8.42 Å². The molecular formula is C22H22ClN3O3S. The van der Waals surface area contributed by atoms with Crippen LogP contribution >= 0.6 is 11.6 Å². The van der Waals surface area contributed by atoms with Gasteiger partial charge in [-0.3, -0.25) is 9.78 Å². The van der Waals surface area contributed by atoms with Crippen molar-refractivity contribution < 1.29 is 13.2 Å². The summed E-state index contributed by atoms with van der Waals surface area (Å²) in [5.74, 6) is -0.633. The van der Waals surface area contributed by atoms with E-state index in [-0.39, 0.29) is 17.3 Å². The molecule has 4 rings (SSSR count). The minimum atomic E-state index is -3.77. The summed E-state index contributed by atoms with van der Waals surface area (Å²) >= 11 is 6.04. The Bertz CT molecular complexity index is 1210. The molecule has 6 nitrogen and oxygen atoms in total. The predicted molar refractivity (Wildman–Crippen MR) is 118 cm³/mol. The van der Waals surface area contributed by atoms with Crippen molar-refractivity contribution in [2.24, 2.45) is 5.92 Å². The van der Waals surface area contributed by atoms with E-state index in [1.165, 1.54) is 4.31 Å². The summed E-state index contributed by atoms with van der Waals surface area (Å²) in [5.41, 5.74) is 1.99. The molecule has 8 heteroatoms. The van der Waals surface area contributed by atoms with E-state index < -0.39 is 15.9 Å². The van der Waals surface area contributed by atoms with Gasteiger partial charge in [-0.1, -0.05) is 35.9 Å². The lowest BCUT2D eigenvalue weighted by atomic mass is 9.98. The lowest BCUT2D eigenvalue weighted by molar-refractivity contribution is -0.120. The Hall–Kier alpha value is -2.48. The first-order valence-corrected chi connectivity index (χ1v) is 11.6. The fraction of sp³-hybridized carbons (Fsp3) is 0.273. The smallest absolute Gasteiger partial charge is 0.245 e. The number of sulfonamides is 1. The first-order chi connectivity index (χ1) is 14.4. The summed E-state index contributed by atoms with van der Waals surface area (Å²) in [7, 11) is -3.77. The van der Waals surface area contributed by atoms with Gasteiger partial charge in [0.1, 0.15) is 4.90 Å². The number of carbonyl (C=O) groups is 1. The fourth-order valence-electron chi connectivity index (χ4n) is 3.76. The van der Waals surface area contributed by atoms with E-state index in [0.29, 0.717) is 35.6 Å². The number of para-hydroxylation sites is 1. The van der Waals surface area contributed by atoms with Crippen molar-refractivity contribution in [2.45, 2.75) is 24.7 Å². The molecule has 1 aliphatic rings. The summed E-state index contributed by atoms with van der Waals surface area (Å²) in [6, 6.07) is 14.0. The average molecular weight is 444 g/mol. The summed E-state index contributed by atoms with van der Waals surface area (Å²) in [5, 5.41) is 4.20. The number of amides is 1. The van der Waals surface area contributed by atoms with E-state index in [2.05, 4.69) is 10.3 Å². The minimum absolute atomic E-state index is 0.136. The summed E-state index contributed by atoms with van der Waals surface area (Å²) in [6.45, 7) is 2.40. The molecule has 2 heterocycles. The molecule has 0 saturated carbocycles. The van der Waals surface area contributed by atoms with E-state index in [0.717, 1.165) is 10.9 Å². The highest BCUT2D eigenvalue weighted by molar-refractivity contribution is 7.89. The molecule has 30 heavy (non-hydrogen) atoms. The van der Waals surface area contributed by atoms with Crippen LogP contribution in [-0.2, 0) is 14.8 Å². The standard InChI is InChI=1S/C22H22ClN3O3S/c1-15-9-10-18(23)13-19(15)25-22(27)17-7-4-12-26(14-17)30(28,29)20-8-2-5-16-6-3-11-24-21(16)20/h2-3,5-6,8-11,13,17H,4,7,12,14H2,1H3,(H,25,27)/t17-/m1/s1. The first-order valence-electron chi connectivity index (χ1n) is 9.77. The van der Waals surface area contributed by atoms with Crippen LogP contribution in [0.15, 0.2) is 59.6 Å². The van der Waals surface area contributed by atoms with Crippen LogP contribution in [0, 0.1) is 12.8 Å². The summed E-state index contributed by atoms with van der Waals surface area (Å²) in [6.07, 6.45) is 2.83. The molecule has 1 fully saturated rings. The number of hydrogen-bond acceptors (Lipinski definition) is 4. The van der Waals surface area contributed by atoms with Gasteiger partial charge in [-0.15, -0.1) is 0 Å². The van der Waals surface area contributed by atoms with Crippen molar-refractivity contribution in [1.29, 1.82) is 0 Å². The number of aromatic nitrogens is 1. The molecule has 0 spiro atoms. The Morgan fingerprint density at radius 1 is 1.20 bits per heavy atom. The molecule has 0 aliphatic carbocycles. The molecule has 1 aliphatic heterocycles. The Morgan fingerprint density at radius 2 is 2.00 bits per heavy atom. The zero-order valence-electron chi connectivity index (χ0n) is 16.5. The largest absolute Gasteiger partial charge is 0.326 e. The van der Waals surface area contributed by atoms with Crippen LogP contribution in [0.1, 0.15) is 18.4 Å². The molecular weight excluding hydrogens is 422 g/mol. The maximum absolute atomic E-state index is 13.4. The molecule has 0 radical (unpaired) electrons. The van der Waals surface area contributed by atoms with Gasteiger partial charge < -0.3 is 5.32 Å². The Balaban J connectivity index is 1.57. The topological polar surface area (TPSA) is 79.4 Å². The maximum atomic E-state index is 13.4. The molecule has 3 aromatic rings. The highest BCUT2D eigenvalue weighted by atomic mass is 35.5. The molecule has 1 amide bonds. The zero-order valence-corrected chi connectivity index (χ0v) is 18.1. The third kappa shape index (κ3) is 4.05. The molecule has 1 N–H and O–H groups in total. The zero-order chi connectivity index (χ0) is 21.3. The van der Waals surface area contributed by atoms with Crippen LogP contribution in [-0.4, -0.2) is 36.7 Å². The third-order valence-corrected chi connectivity index (χ3v) is 7.56. The number of anilines is 1. The van der Waals surface area contributed by atoms with E-state index in [1.54, 1.807) is 36.5 Å². The number of fused-ring (bicyclic) bond motifs is 1. The Kier molecular flexibility index (Phi) is 5.77. The van der Waals surface area contributed by atoms with Gasteiger partial charge >= 0.3 is 0 Å². The number of aryl methyl sites for hydroxylation is 1. The maximum Gasteiger partial charge on any atom is 0.245 e. The average Bonchev–Trinajstić information content (AvgIpc) is 2.76. The SMILES string of the molecule is Cc1ccc(Cl)cc1NC(=O)[C@@H]1CCCN(S(=O)(=O)c2cccc3cccnc23)C1. The van der Waals surface area contributed by atoms with Gasteiger partial charge in [0.2, 0.25) is 15.9 Å². The molecule has 0 bridgehead atoms. The second-order valence-corrected chi connectivity index (χ2v) is 9.82. The molecule has 1 atom stereocenters. The molecule has 1 aromatic heterocycles. The van der Waals surface area contributed by atoms with Crippen LogP contribution < -0.4 is 5.32 Å².